The summed E-state index contributed by atoms with van der Waals surface area (Å²) in [6.07, 6.45) is 0. The molecule has 3 aromatic rings. The minimum absolute atomic E-state index is 0.356. The molecule has 8 heteroatoms. The Hall–Kier alpha value is -4.17. The van der Waals surface area contributed by atoms with Gasteiger partial charge < -0.3 is 20.1 Å². The number of rotatable bonds is 11. The maximum absolute atomic E-state index is 13.7. The van der Waals surface area contributed by atoms with Gasteiger partial charge in [0.05, 0.1) is 6.61 Å². The Bertz CT molecular complexity index is 1280. The van der Waals surface area contributed by atoms with Crippen LogP contribution in [0.1, 0.15) is 55.3 Å². The number of anilines is 1. The summed E-state index contributed by atoms with van der Waals surface area (Å²) in [7, 11) is 1.60. The van der Waals surface area contributed by atoms with Gasteiger partial charge in [0.2, 0.25) is 5.91 Å². The molecule has 1 heterocycles. The van der Waals surface area contributed by atoms with E-state index in [1.807, 2.05) is 61.5 Å². The molecule has 0 unspecified atom stereocenters. The highest BCUT2D eigenvalue weighted by Gasteiger charge is 2.47. The van der Waals surface area contributed by atoms with Crippen molar-refractivity contribution in [1.82, 2.24) is 10.2 Å². The van der Waals surface area contributed by atoms with Gasteiger partial charge in [0.1, 0.15) is 24.4 Å². The first-order valence-electron chi connectivity index (χ1n) is 13.1. The molecule has 8 nitrogen and oxygen atoms in total. The first-order valence-corrected chi connectivity index (χ1v) is 13.1. The average Bonchev–Trinajstić information content (AvgIpc) is 3.23. The number of nitrogens with one attached hydrogen (secondary N) is 2. The van der Waals surface area contributed by atoms with E-state index in [-0.39, 0.29) is 0 Å². The number of benzene rings is 3. The quantitative estimate of drug-likeness (QED) is 0.262. The van der Waals surface area contributed by atoms with Crippen LogP contribution in [0, 0.1) is 0 Å². The second-order valence-corrected chi connectivity index (χ2v) is 9.91. The number of urea groups is 1. The van der Waals surface area contributed by atoms with Gasteiger partial charge in [0.15, 0.2) is 0 Å². The predicted molar refractivity (Wildman–Crippen MR) is 150 cm³/mol. The van der Waals surface area contributed by atoms with Gasteiger partial charge in [0, 0.05) is 18.7 Å². The molecule has 1 aliphatic rings. The normalized spacial score (nSPS) is 16.6. The summed E-state index contributed by atoms with van der Waals surface area (Å²) >= 11 is 0. The molecule has 1 aliphatic heterocycles. The van der Waals surface area contributed by atoms with Crippen molar-refractivity contribution in [3.8, 4) is 5.75 Å². The lowest BCUT2D eigenvalue weighted by Gasteiger charge is -2.30. The van der Waals surface area contributed by atoms with Crippen LogP contribution in [0.15, 0.2) is 78.9 Å². The second kappa shape index (κ2) is 12.6. The van der Waals surface area contributed by atoms with Crippen molar-refractivity contribution in [1.29, 1.82) is 0 Å². The largest absolute Gasteiger partial charge is 0.491 e. The molecule has 204 valence electrons. The van der Waals surface area contributed by atoms with Crippen molar-refractivity contribution in [3.63, 3.8) is 0 Å². The molecular weight excluding hydrogens is 494 g/mol. The van der Waals surface area contributed by atoms with Crippen molar-refractivity contribution < 1.29 is 23.9 Å². The van der Waals surface area contributed by atoms with Crippen molar-refractivity contribution >= 4 is 23.5 Å². The Kier molecular flexibility index (Phi) is 8.99. The Morgan fingerprint density at radius 1 is 0.897 bits per heavy atom. The Morgan fingerprint density at radius 3 is 2.18 bits per heavy atom. The number of imide groups is 1. The summed E-state index contributed by atoms with van der Waals surface area (Å²) in [6, 6.07) is 21.4. The summed E-state index contributed by atoms with van der Waals surface area (Å²) in [5.74, 6) is -0.385. The maximum Gasteiger partial charge on any atom is 0.325 e. The fraction of sp³-hybridized carbons (Fsp3) is 0.323. The SMILES string of the molecule is COCCOc1ccc([C@H]2NC(=O)N([C@H](C(=O)Nc3ccc(C(C)C)cc3)[C@@H](C)c3ccccc3)C2=O)cc1. The molecule has 1 fully saturated rings. The minimum Gasteiger partial charge on any atom is -0.491 e. The lowest BCUT2D eigenvalue weighted by molar-refractivity contribution is -0.134. The summed E-state index contributed by atoms with van der Waals surface area (Å²) in [5.41, 5.74) is 3.19. The van der Waals surface area contributed by atoms with Gasteiger partial charge in [-0.2, -0.15) is 0 Å². The van der Waals surface area contributed by atoms with Crippen LogP contribution in [0.4, 0.5) is 10.5 Å². The van der Waals surface area contributed by atoms with E-state index in [1.54, 1.807) is 31.4 Å². The lowest BCUT2D eigenvalue weighted by Crippen LogP contribution is -2.50. The minimum atomic E-state index is -1.06. The summed E-state index contributed by atoms with van der Waals surface area (Å²) in [6.45, 7) is 6.90. The van der Waals surface area contributed by atoms with Crippen LogP contribution < -0.4 is 15.4 Å². The van der Waals surface area contributed by atoms with Crippen LogP contribution in [-0.4, -0.2) is 49.1 Å². The highest BCUT2D eigenvalue weighted by Crippen LogP contribution is 2.31. The van der Waals surface area contributed by atoms with Crippen molar-refractivity contribution in [3.05, 3.63) is 95.6 Å². The molecule has 0 saturated carbocycles. The zero-order valence-corrected chi connectivity index (χ0v) is 22.7. The third-order valence-corrected chi connectivity index (χ3v) is 6.93. The molecule has 3 atom stereocenters. The van der Waals surface area contributed by atoms with E-state index in [2.05, 4.69) is 24.5 Å². The highest BCUT2D eigenvalue weighted by molar-refractivity contribution is 6.09. The number of methoxy groups -OCH3 is 1. The number of nitrogens with zero attached hydrogens (tertiary/aromatic N) is 1. The molecule has 4 rings (SSSR count). The smallest absolute Gasteiger partial charge is 0.325 e. The van der Waals surface area contributed by atoms with Crippen LogP contribution in [0.2, 0.25) is 0 Å². The van der Waals surface area contributed by atoms with Crippen LogP contribution in [0.3, 0.4) is 0 Å². The Balaban J connectivity index is 1.59. The van der Waals surface area contributed by atoms with Gasteiger partial charge in [-0.25, -0.2) is 9.69 Å². The predicted octanol–water partition coefficient (Wildman–Crippen LogP) is 5.24. The fourth-order valence-corrected chi connectivity index (χ4v) is 4.66. The van der Waals surface area contributed by atoms with Crippen LogP contribution in [0.25, 0.3) is 0 Å². The number of amides is 4. The van der Waals surface area contributed by atoms with Crippen molar-refractivity contribution in [2.45, 2.75) is 44.7 Å². The van der Waals surface area contributed by atoms with E-state index in [4.69, 9.17) is 9.47 Å². The molecular formula is C31H35N3O5. The Labute approximate surface area is 229 Å². The maximum atomic E-state index is 13.7. The second-order valence-electron chi connectivity index (χ2n) is 9.91. The molecule has 39 heavy (non-hydrogen) atoms. The topological polar surface area (TPSA) is 97.0 Å². The zero-order chi connectivity index (χ0) is 27.9. The highest BCUT2D eigenvalue weighted by atomic mass is 16.5. The lowest BCUT2D eigenvalue weighted by atomic mass is 9.91. The van der Waals surface area contributed by atoms with Gasteiger partial charge in [-0.05, 0) is 46.9 Å². The van der Waals surface area contributed by atoms with Gasteiger partial charge in [0.25, 0.3) is 5.91 Å². The van der Waals surface area contributed by atoms with Crippen molar-refractivity contribution in [2.75, 3.05) is 25.6 Å². The van der Waals surface area contributed by atoms with E-state index >= 15 is 0 Å². The molecule has 3 aromatic carbocycles. The molecule has 0 aliphatic carbocycles. The first-order chi connectivity index (χ1) is 18.8. The average molecular weight is 530 g/mol. The van der Waals surface area contributed by atoms with E-state index in [9.17, 15) is 14.4 Å². The number of ether oxygens (including phenoxy) is 2. The molecule has 0 bridgehead atoms. The van der Waals surface area contributed by atoms with Crippen LogP contribution in [0.5, 0.6) is 5.75 Å². The molecule has 4 amide bonds. The molecule has 0 spiro atoms. The summed E-state index contributed by atoms with van der Waals surface area (Å²) in [4.78, 5) is 41.7. The van der Waals surface area contributed by atoms with Gasteiger partial charge in [-0.15, -0.1) is 0 Å². The standard InChI is InChI=1S/C31H35N3O5/c1-20(2)22-10-14-25(15-11-22)32-29(35)28(21(3)23-8-6-5-7-9-23)34-30(36)27(33-31(34)37)24-12-16-26(17-13-24)39-19-18-38-4/h5-17,20-21,27-28H,18-19H2,1-4H3,(H,32,35)(H,33,37)/t21-,27+,28-/m0/s1. The molecule has 0 radical (unpaired) electrons. The van der Waals surface area contributed by atoms with E-state index in [0.29, 0.717) is 36.1 Å². The van der Waals surface area contributed by atoms with E-state index < -0.39 is 35.8 Å². The van der Waals surface area contributed by atoms with E-state index in [1.165, 1.54) is 0 Å². The number of carbonyl (C=O) groups is 3. The number of hydrogen-bond donors (Lipinski definition) is 2. The van der Waals surface area contributed by atoms with Crippen LogP contribution in [-0.2, 0) is 14.3 Å². The molecule has 0 aromatic heterocycles. The van der Waals surface area contributed by atoms with Gasteiger partial charge in [-0.3, -0.25) is 9.59 Å². The van der Waals surface area contributed by atoms with E-state index in [0.717, 1.165) is 16.0 Å². The molecule has 2 N–H and O–H groups in total. The van der Waals surface area contributed by atoms with Crippen molar-refractivity contribution in [2.24, 2.45) is 0 Å². The van der Waals surface area contributed by atoms with Crippen LogP contribution >= 0.6 is 0 Å². The third-order valence-electron chi connectivity index (χ3n) is 6.93. The molecule has 1 saturated heterocycles. The first kappa shape index (κ1) is 27.9. The fourth-order valence-electron chi connectivity index (χ4n) is 4.66. The van der Waals surface area contributed by atoms with Gasteiger partial charge >= 0.3 is 6.03 Å². The number of hydrogen-bond acceptors (Lipinski definition) is 5. The zero-order valence-electron chi connectivity index (χ0n) is 22.7. The number of carbonyl (C=O) groups excluding carboxylic acids is 3. The van der Waals surface area contributed by atoms with Gasteiger partial charge in [-0.1, -0.05) is 75.4 Å². The summed E-state index contributed by atoms with van der Waals surface area (Å²) in [5, 5.41) is 5.69. The monoisotopic (exact) mass is 529 g/mol. The summed E-state index contributed by atoms with van der Waals surface area (Å²) < 4.78 is 10.6. The third kappa shape index (κ3) is 6.46. The Morgan fingerprint density at radius 2 is 1.56 bits per heavy atom.